The molecular weight excluding hydrogens is 601 g/mol. The van der Waals surface area contributed by atoms with E-state index in [0.29, 0.717) is 17.5 Å². The summed E-state index contributed by atoms with van der Waals surface area (Å²) in [6, 6.07) is 48.4. The Labute approximate surface area is 282 Å². The fraction of sp³-hybridized carbons (Fsp3) is 0.0455. The minimum atomic E-state index is -0.182. The summed E-state index contributed by atoms with van der Waals surface area (Å²) in [6.07, 6.45) is 6.07. The van der Waals surface area contributed by atoms with Gasteiger partial charge in [-0.05, 0) is 74.3 Å². The Morgan fingerprint density at radius 1 is 0.469 bits per heavy atom. The van der Waals surface area contributed by atoms with Gasteiger partial charge in [-0.25, -0.2) is 15.0 Å². The lowest BCUT2D eigenvalue weighted by molar-refractivity contribution is 0.288. The maximum Gasteiger partial charge on any atom is 0.164 e. The Morgan fingerprint density at radius 3 is 1.90 bits per heavy atom. The molecule has 230 valence electrons. The number of nitrogens with zero attached hydrogens (tertiary/aromatic N) is 4. The van der Waals surface area contributed by atoms with E-state index in [1.807, 2.05) is 42.6 Å². The molecule has 0 bridgehead atoms. The predicted molar refractivity (Wildman–Crippen MR) is 196 cm³/mol. The summed E-state index contributed by atoms with van der Waals surface area (Å²) >= 11 is 0. The Morgan fingerprint density at radius 2 is 1.12 bits per heavy atom. The Balaban J connectivity index is 1.23. The second kappa shape index (κ2) is 11.1. The smallest absolute Gasteiger partial charge is 0.164 e. The van der Waals surface area contributed by atoms with Crippen LogP contribution in [0.3, 0.4) is 0 Å². The summed E-state index contributed by atoms with van der Waals surface area (Å²) in [5, 5.41) is 6.74. The number of hydrogen-bond acceptors (Lipinski definition) is 5. The van der Waals surface area contributed by atoms with E-state index < -0.39 is 0 Å². The van der Waals surface area contributed by atoms with Crippen LogP contribution in [0.25, 0.3) is 79.0 Å². The third kappa shape index (κ3) is 4.78. The van der Waals surface area contributed by atoms with Gasteiger partial charge in [0.25, 0.3) is 0 Å². The fourth-order valence-electron chi connectivity index (χ4n) is 7.22. The van der Waals surface area contributed by atoms with E-state index in [1.165, 1.54) is 16.2 Å². The summed E-state index contributed by atoms with van der Waals surface area (Å²) in [4.78, 5) is 20.1. The molecule has 3 heterocycles. The van der Waals surface area contributed by atoms with Crippen LogP contribution >= 0.6 is 0 Å². The molecule has 0 spiro atoms. The van der Waals surface area contributed by atoms with Crippen molar-refractivity contribution in [1.29, 1.82) is 0 Å². The highest BCUT2D eigenvalue weighted by Crippen LogP contribution is 2.48. The molecule has 8 aromatic rings. The summed E-state index contributed by atoms with van der Waals surface area (Å²) in [5.41, 5.74) is 6.03. The van der Waals surface area contributed by atoms with Crippen LogP contribution in [0.1, 0.15) is 11.5 Å². The number of benzene rings is 6. The molecule has 5 heteroatoms. The maximum atomic E-state index is 6.76. The molecule has 6 aromatic carbocycles. The fourth-order valence-corrected chi connectivity index (χ4v) is 7.22. The van der Waals surface area contributed by atoms with E-state index in [-0.39, 0.29) is 12.0 Å². The van der Waals surface area contributed by atoms with Crippen LogP contribution in [0.15, 0.2) is 146 Å². The van der Waals surface area contributed by atoms with Crippen molar-refractivity contribution in [3.63, 3.8) is 0 Å². The molecule has 0 amide bonds. The average molecular weight is 629 g/mol. The Hall–Kier alpha value is -6.46. The highest BCUT2D eigenvalue weighted by atomic mass is 16.5. The van der Waals surface area contributed by atoms with Gasteiger partial charge >= 0.3 is 0 Å². The Bertz CT molecular complexity index is 2720. The van der Waals surface area contributed by atoms with Crippen molar-refractivity contribution in [2.24, 2.45) is 0 Å². The van der Waals surface area contributed by atoms with E-state index in [1.54, 1.807) is 0 Å². The molecule has 0 fully saturated rings. The molecule has 1 aliphatic carbocycles. The van der Waals surface area contributed by atoms with Crippen molar-refractivity contribution >= 4 is 33.7 Å². The van der Waals surface area contributed by atoms with Crippen molar-refractivity contribution in [3.8, 4) is 51.0 Å². The first-order chi connectivity index (χ1) is 24.2. The van der Waals surface area contributed by atoms with E-state index >= 15 is 0 Å². The standard InChI is InChI=1S/C44H28N4O/c1-2-11-29(12-3-1)42-46-43(34-19-17-28-10-5-7-14-31(28)22-34)48-44(47-42)37-24-35(32-18-16-27-9-4-6-13-30(27)21-32)25-40-41(37)36-23-33-15-8-20-45-38(33)26-39(36)49-40/h1-26,36,39H. The van der Waals surface area contributed by atoms with Crippen molar-refractivity contribution < 1.29 is 4.74 Å². The third-order valence-corrected chi connectivity index (χ3v) is 9.64. The first kappa shape index (κ1) is 27.6. The number of rotatable bonds is 4. The zero-order valence-corrected chi connectivity index (χ0v) is 26.4. The molecule has 49 heavy (non-hydrogen) atoms. The maximum absolute atomic E-state index is 6.76. The van der Waals surface area contributed by atoms with Gasteiger partial charge in [0.2, 0.25) is 0 Å². The number of ether oxygens (including phenoxy) is 1. The zero-order chi connectivity index (χ0) is 32.3. The highest BCUT2D eigenvalue weighted by Gasteiger charge is 2.37. The van der Waals surface area contributed by atoms with E-state index in [0.717, 1.165) is 55.1 Å². The first-order valence-corrected chi connectivity index (χ1v) is 16.5. The Kier molecular flexibility index (Phi) is 6.24. The van der Waals surface area contributed by atoms with E-state index in [9.17, 15) is 0 Å². The second-order valence-corrected chi connectivity index (χ2v) is 12.7. The van der Waals surface area contributed by atoms with E-state index in [4.69, 9.17) is 19.7 Å². The van der Waals surface area contributed by atoms with Crippen LogP contribution in [0.2, 0.25) is 0 Å². The quantitative estimate of drug-likeness (QED) is 0.196. The molecule has 2 aliphatic rings. The summed E-state index contributed by atoms with van der Waals surface area (Å²) in [7, 11) is 0. The summed E-state index contributed by atoms with van der Waals surface area (Å²) < 4.78 is 6.76. The van der Waals surface area contributed by atoms with Crippen LogP contribution in [-0.4, -0.2) is 26.0 Å². The number of pyridine rings is 1. The van der Waals surface area contributed by atoms with Gasteiger partial charge in [-0.1, -0.05) is 115 Å². The molecule has 10 rings (SSSR count). The van der Waals surface area contributed by atoms with Gasteiger partial charge in [0.05, 0.1) is 5.35 Å². The third-order valence-electron chi connectivity index (χ3n) is 9.64. The molecule has 0 saturated carbocycles. The SMILES string of the molecule is C1=c2cccnc2=CC2Oc3cc(-c4ccc5ccccc5c4)cc(-c4nc(-c5ccccc5)nc(-c5ccc6ccccc6c5)n4)c3C12. The van der Waals surface area contributed by atoms with Crippen LogP contribution in [0.4, 0.5) is 0 Å². The lowest BCUT2D eigenvalue weighted by Crippen LogP contribution is -2.36. The van der Waals surface area contributed by atoms with Gasteiger partial charge < -0.3 is 4.74 Å². The lowest BCUT2D eigenvalue weighted by Gasteiger charge is -2.17. The van der Waals surface area contributed by atoms with Crippen molar-refractivity contribution in [3.05, 3.63) is 162 Å². The molecule has 5 nitrogen and oxygen atoms in total. The number of hydrogen-bond donors (Lipinski definition) is 0. The van der Waals surface area contributed by atoms with Crippen molar-refractivity contribution in [2.45, 2.75) is 12.0 Å². The largest absolute Gasteiger partial charge is 0.485 e. The number of aromatic nitrogens is 4. The van der Waals surface area contributed by atoms with Gasteiger partial charge in [-0.15, -0.1) is 0 Å². The minimum absolute atomic E-state index is 0.0200. The monoisotopic (exact) mass is 628 g/mol. The molecule has 0 saturated heterocycles. The van der Waals surface area contributed by atoms with Gasteiger partial charge in [-0.2, -0.15) is 0 Å². The normalized spacial score (nSPS) is 15.8. The average Bonchev–Trinajstić information content (AvgIpc) is 3.53. The van der Waals surface area contributed by atoms with Gasteiger partial charge in [-0.3, -0.25) is 4.98 Å². The predicted octanol–water partition coefficient (Wildman–Crippen LogP) is 8.36. The molecule has 1 aliphatic heterocycles. The van der Waals surface area contributed by atoms with Crippen molar-refractivity contribution in [1.82, 2.24) is 19.9 Å². The van der Waals surface area contributed by atoms with Crippen LogP contribution in [-0.2, 0) is 0 Å². The molecular formula is C44H28N4O. The van der Waals surface area contributed by atoms with Gasteiger partial charge in [0, 0.05) is 34.4 Å². The first-order valence-electron chi connectivity index (χ1n) is 16.5. The van der Waals surface area contributed by atoms with Crippen molar-refractivity contribution in [2.75, 3.05) is 0 Å². The number of fused-ring (bicyclic) bond motifs is 6. The van der Waals surface area contributed by atoms with Crippen LogP contribution in [0.5, 0.6) is 5.75 Å². The molecule has 0 N–H and O–H groups in total. The summed E-state index contributed by atoms with van der Waals surface area (Å²) in [5.74, 6) is 2.69. The highest BCUT2D eigenvalue weighted by molar-refractivity contribution is 5.90. The molecule has 2 unspecified atom stereocenters. The topological polar surface area (TPSA) is 60.8 Å². The van der Waals surface area contributed by atoms with Gasteiger partial charge in [0.1, 0.15) is 11.9 Å². The lowest BCUT2D eigenvalue weighted by atomic mass is 9.86. The minimum Gasteiger partial charge on any atom is -0.485 e. The van der Waals surface area contributed by atoms with Crippen LogP contribution < -0.4 is 15.3 Å². The summed E-state index contributed by atoms with van der Waals surface area (Å²) in [6.45, 7) is 0. The molecule has 2 atom stereocenters. The van der Waals surface area contributed by atoms with E-state index in [2.05, 4.69) is 120 Å². The second-order valence-electron chi connectivity index (χ2n) is 12.7. The molecule has 0 radical (unpaired) electrons. The molecule has 2 aromatic heterocycles. The van der Waals surface area contributed by atoms with Crippen LogP contribution in [0, 0.1) is 0 Å². The zero-order valence-electron chi connectivity index (χ0n) is 26.4. The van der Waals surface area contributed by atoms with Gasteiger partial charge in [0.15, 0.2) is 17.5 Å².